The number of likely N-dealkylation sites (tertiary alicyclic amines) is 1. The minimum absolute atomic E-state index is 0.0792. The third-order valence-corrected chi connectivity index (χ3v) is 5.15. The Morgan fingerprint density at radius 2 is 1.86 bits per heavy atom. The molecule has 0 unspecified atom stereocenters. The number of rotatable bonds is 4. The highest BCUT2D eigenvalue weighted by Gasteiger charge is 2.25. The standard InChI is InChI=1S/C22H24N2O5/c1-27-22(26)16-5-2-4-15(12-16)21(25)24-9-3-6-18(14-24)23-17-7-8-19-20(13-17)29-11-10-28-19/h2,4-5,7-8,12-13,18,23H,3,6,9-11,14H2,1H3/t18-/m0/s1. The highest BCUT2D eigenvalue weighted by Crippen LogP contribution is 2.33. The second kappa shape index (κ2) is 8.43. The number of methoxy groups -OCH3 is 1. The molecule has 7 nitrogen and oxygen atoms in total. The lowest BCUT2D eigenvalue weighted by molar-refractivity contribution is 0.0600. The van der Waals surface area contributed by atoms with Crippen molar-refractivity contribution in [2.75, 3.05) is 38.7 Å². The van der Waals surface area contributed by atoms with E-state index in [-0.39, 0.29) is 11.9 Å². The van der Waals surface area contributed by atoms with Gasteiger partial charge in [-0.15, -0.1) is 0 Å². The Hall–Kier alpha value is -3.22. The predicted molar refractivity (Wildman–Crippen MR) is 108 cm³/mol. The molecule has 0 saturated carbocycles. The molecular formula is C22H24N2O5. The zero-order valence-electron chi connectivity index (χ0n) is 16.3. The maximum absolute atomic E-state index is 13.0. The van der Waals surface area contributed by atoms with Gasteiger partial charge in [0.25, 0.3) is 5.91 Å². The maximum Gasteiger partial charge on any atom is 0.337 e. The number of nitrogens with zero attached hydrogens (tertiary/aromatic N) is 1. The fraction of sp³-hybridized carbons (Fsp3) is 0.364. The summed E-state index contributed by atoms with van der Waals surface area (Å²) in [7, 11) is 1.33. The number of anilines is 1. The Labute approximate surface area is 169 Å². The van der Waals surface area contributed by atoms with Gasteiger partial charge in [0.15, 0.2) is 11.5 Å². The molecule has 29 heavy (non-hydrogen) atoms. The molecule has 0 aromatic heterocycles. The molecular weight excluding hydrogens is 372 g/mol. The molecule has 2 aliphatic heterocycles. The monoisotopic (exact) mass is 396 g/mol. The number of amides is 1. The first-order chi connectivity index (χ1) is 14.1. The van der Waals surface area contributed by atoms with E-state index in [1.807, 2.05) is 23.1 Å². The average Bonchev–Trinajstić information content (AvgIpc) is 2.78. The normalized spacial score (nSPS) is 18.1. The third-order valence-electron chi connectivity index (χ3n) is 5.15. The van der Waals surface area contributed by atoms with Crippen molar-refractivity contribution in [3.63, 3.8) is 0 Å². The summed E-state index contributed by atoms with van der Waals surface area (Å²) in [5, 5.41) is 3.50. The molecule has 2 heterocycles. The van der Waals surface area contributed by atoms with Gasteiger partial charge in [-0.2, -0.15) is 0 Å². The summed E-state index contributed by atoms with van der Waals surface area (Å²) >= 11 is 0. The van der Waals surface area contributed by atoms with E-state index in [4.69, 9.17) is 14.2 Å². The summed E-state index contributed by atoms with van der Waals surface area (Å²) in [6, 6.07) is 12.6. The number of ether oxygens (including phenoxy) is 3. The lowest BCUT2D eigenvalue weighted by Gasteiger charge is -2.34. The summed E-state index contributed by atoms with van der Waals surface area (Å²) in [4.78, 5) is 26.5. The van der Waals surface area contributed by atoms with E-state index in [0.29, 0.717) is 37.4 Å². The number of carbonyl (C=O) groups is 2. The van der Waals surface area contributed by atoms with Crippen LogP contribution in [0.5, 0.6) is 11.5 Å². The summed E-state index contributed by atoms with van der Waals surface area (Å²) in [6.45, 7) is 2.40. The number of hydrogen-bond acceptors (Lipinski definition) is 6. The van der Waals surface area contributed by atoms with E-state index in [0.717, 1.165) is 30.0 Å². The van der Waals surface area contributed by atoms with Crippen molar-refractivity contribution in [1.82, 2.24) is 4.90 Å². The topological polar surface area (TPSA) is 77.1 Å². The summed E-state index contributed by atoms with van der Waals surface area (Å²) in [6.07, 6.45) is 1.88. The van der Waals surface area contributed by atoms with Gasteiger partial charge in [0.1, 0.15) is 13.2 Å². The number of fused-ring (bicyclic) bond motifs is 1. The van der Waals surface area contributed by atoms with Crippen LogP contribution in [-0.4, -0.2) is 56.2 Å². The van der Waals surface area contributed by atoms with Crippen molar-refractivity contribution < 1.29 is 23.8 Å². The lowest BCUT2D eigenvalue weighted by atomic mass is 10.0. The Kier molecular flexibility index (Phi) is 5.55. The van der Waals surface area contributed by atoms with E-state index in [1.54, 1.807) is 24.3 Å². The molecule has 0 aliphatic carbocycles. The minimum Gasteiger partial charge on any atom is -0.486 e. The van der Waals surface area contributed by atoms with E-state index in [2.05, 4.69) is 5.32 Å². The number of nitrogens with one attached hydrogen (secondary N) is 1. The number of carbonyl (C=O) groups excluding carboxylic acids is 2. The maximum atomic E-state index is 13.0. The summed E-state index contributed by atoms with van der Waals surface area (Å²) < 4.78 is 16.0. The van der Waals surface area contributed by atoms with Crippen LogP contribution in [0.15, 0.2) is 42.5 Å². The van der Waals surface area contributed by atoms with Crippen LogP contribution < -0.4 is 14.8 Å². The molecule has 1 amide bonds. The Balaban J connectivity index is 1.43. The van der Waals surface area contributed by atoms with Gasteiger partial charge >= 0.3 is 5.97 Å². The molecule has 7 heteroatoms. The summed E-state index contributed by atoms with van der Waals surface area (Å²) in [5.41, 5.74) is 1.82. The molecule has 152 valence electrons. The van der Waals surface area contributed by atoms with Crippen LogP contribution in [0.25, 0.3) is 0 Å². The molecule has 1 saturated heterocycles. The highest BCUT2D eigenvalue weighted by atomic mass is 16.6. The molecule has 1 N–H and O–H groups in total. The molecule has 0 radical (unpaired) electrons. The second-order valence-electron chi connectivity index (χ2n) is 7.17. The largest absolute Gasteiger partial charge is 0.486 e. The average molecular weight is 396 g/mol. The van der Waals surface area contributed by atoms with Crippen LogP contribution in [0.4, 0.5) is 5.69 Å². The molecule has 0 bridgehead atoms. The predicted octanol–water partition coefficient (Wildman–Crippen LogP) is 2.96. The van der Waals surface area contributed by atoms with Gasteiger partial charge in [0.05, 0.1) is 12.7 Å². The Morgan fingerprint density at radius 1 is 1.07 bits per heavy atom. The van der Waals surface area contributed by atoms with Gasteiger partial charge in [-0.3, -0.25) is 4.79 Å². The van der Waals surface area contributed by atoms with Crippen LogP contribution in [0.1, 0.15) is 33.6 Å². The zero-order chi connectivity index (χ0) is 20.2. The van der Waals surface area contributed by atoms with Crippen molar-refractivity contribution in [2.24, 2.45) is 0 Å². The smallest absolute Gasteiger partial charge is 0.337 e. The van der Waals surface area contributed by atoms with Crippen molar-refractivity contribution in [3.05, 3.63) is 53.6 Å². The molecule has 1 atom stereocenters. The van der Waals surface area contributed by atoms with Crippen molar-refractivity contribution in [1.29, 1.82) is 0 Å². The molecule has 0 spiro atoms. The van der Waals surface area contributed by atoms with E-state index in [1.165, 1.54) is 7.11 Å². The molecule has 2 aromatic rings. The Morgan fingerprint density at radius 3 is 2.69 bits per heavy atom. The van der Waals surface area contributed by atoms with Crippen LogP contribution in [0.3, 0.4) is 0 Å². The minimum atomic E-state index is -0.448. The van der Waals surface area contributed by atoms with Crippen LogP contribution in [0.2, 0.25) is 0 Å². The van der Waals surface area contributed by atoms with Gasteiger partial charge < -0.3 is 24.4 Å². The second-order valence-corrected chi connectivity index (χ2v) is 7.17. The van der Waals surface area contributed by atoms with Gasteiger partial charge in [0.2, 0.25) is 0 Å². The first-order valence-corrected chi connectivity index (χ1v) is 9.78. The van der Waals surface area contributed by atoms with Crippen LogP contribution >= 0.6 is 0 Å². The number of benzene rings is 2. The highest BCUT2D eigenvalue weighted by molar-refractivity contribution is 5.98. The van der Waals surface area contributed by atoms with Crippen molar-refractivity contribution in [2.45, 2.75) is 18.9 Å². The van der Waals surface area contributed by atoms with Crippen LogP contribution in [0, 0.1) is 0 Å². The zero-order valence-corrected chi connectivity index (χ0v) is 16.3. The molecule has 4 rings (SSSR count). The SMILES string of the molecule is COC(=O)c1cccc(C(=O)N2CCC[C@H](Nc3ccc4c(c3)OCCO4)C2)c1. The first-order valence-electron chi connectivity index (χ1n) is 9.78. The van der Waals surface area contributed by atoms with Crippen molar-refractivity contribution in [3.8, 4) is 11.5 Å². The quantitative estimate of drug-likeness (QED) is 0.801. The molecule has 2 aliphatic rings. The lowest BCUT2D eigenvalue weighted by Crippen LogP contribution is -2.45. The van der Waals surface area contributed by atoms with Crippen LogP contribution in [-0.2, 0) is 4.74 Å². The molecule has 1 fully saturated rings. The first kappa shape index (κ1) is 19.1. The van der Waals surface area contributed by atoms with E-state index < -0.39 is 5.97 Å². The van der Waals surface area contributed by atoms with E-state index >= 15 is 0 Å². The Bertz CT molecular complexity index is 914. The van der Waals surface area contributed by atoms with E-state index in [9.17, 15) is 9.59 Å². The van der Waals surface area contributed by atoms with Gasteiger partial charge in [-0.25, -0.2) is 4.79 Å². The third kappa shape index (κ3) is 4.29. The number of piperidine rings is 1. The van der Waals surface area contributed by atoms with Gasteiger partial charge in [-0.05, 0) is 43.2 Å². The molecule has 2 aromatic carbocycles. The fourth-order valence-electron chi connectivity index (χ4n) is 3.73. The number of esters is 1. The number of hydrogen-bond donors (Lipinski definition) is 1. The van der Waals surface area contributed by atoms with Crippen molar-refractivity contribution >= 4 is 17.6 Å². The summed E-state index contributed by atoms with van der Waals surface area (Å²) in [5.74, 6) is 0.971. The van der Waals surface area contributed by atoms with Gasteiger partial charge in [0, 0.05) is 36.4 Å². The fourth-order valence-corrected chi connectivity index (χ4v) is 3.73. The van der Waals surface area contributed by atoms with Gasteiger partial charge in [-0.1, -0.05) is 6.07 Å².